The van der Waals surface area contributed by atoms with Gasteiger partial charge < -0.3 is 30.4 Å². The molecule has 220 valence electrons. The number of hydrogen-bond acceptors (Lipinski definition) is 8. The second-order valence-electron chi connectivity index (χ2n) is 11.6. The third-order valence-corrected chi connectivity index (χ3v) is 8.28. The van der Waals surface area contributed by atoms with E-state index in [1.165, 1.54) is 33.1 Å². The van der Waals surface area contributed by atoms with E-state index in [0.29, 0.717) is 43.3 Å². The summed E-state index contributed by atoms with van der Waals surface area (Å²) in [5, 5.41) is 14.0. The second kappa shape index (κ2) is 14.5. The van der Waals surface area contributed by atoms with Gasteiger partial charge in [0.15, 0.2) is 11.5 Å². The summed E-state index contributed by atoms with van der Waals surface area (Å²) in [6.45, 7) is 3.46. The van der Waals surface area contributed by atoms with Crippen LogP contribution in [0.25, 0.3) is 5.57 Å². The lowest BCUT2D eigenvalue weighted by molar-refractivity contribution is -0.153. The molecular weight excluding hydrogens is 508 g/mol. The van der Waals surface area contributed by atoms with Gasteiger partial charge in [0, 0.05) is 26.8 Å². The maximum Gasteiger partial charge on any atom is 0.302 e. The van der Waals surface area contributed by atoms with Crippen molar-refractivity contribution in [1.82, 2.24) is 5.32 Å². The second-order valence-corrected chi connectivity index (χ2v) is 11.6. The molecule has 0 aromatic heterocycles. The highest BCUT2D eigenvalue weighted by Gasteiger charge is 2.27. The first-order valence-corrected chi connectivity index (χ1v) is 15.1. The van der Waals surface area contributed by atoms with E-state index >= 15 is 0 Å². The Labute approximate surface area is 238 Å². The van der Waals surface area contributed by atoms with Gasteiger partial charge in [-0.25, -0.2) is 0 Å². The van der Waals surface area contributed by atoms with Gasteiger partial charge in [0.2, 0.25) is 0 Å². The maximum absolute atomic E-state index is 12.1. The van der Waals surface area contributed by atoms with Crippen molar-refractivity contribution in [2.45, 2.75) is 116 Å². The summed E-state index contributed by atoms with van der Waals surface area (Å²) in [6, 6.07) is 3.68. The summed E-state index contributed by atoms with van der Waals surface area (Å²) >= 11 is 0. The summed E-state index contributed by atoms with van der Waals surface area (Å²) in [7, 11) is 0. The fraction of sp³-hybridized carbons (Fsp3) is 0.625. The van der Waals surface area contributed by atoms with Crippen LogP contribution < -0.4 is 15.8 Å². The quantitative estimate of drug-likeness (QED) is 0.283. The van der Waals surface area contributed by atoms with E-state index in [1.807, 2.05) is 18.2 Å². The highest BCUT2D eigenvalue weighted by molar-refractivity contribution is 5.79. The molecule has 40 heavy (non-hydrogen) atoms. The van der Waals surface area contributed by atoms with Crippen molar-refractivity contribution in [3.63, 3.8) is 0 Å². The summed E-state index contributed by atoms with van der Waals surface area (Å²) in [4.78, 5) is 24.0. The van der Waals surface area contributed by atoms with E-state index in [0.717, 1.165) is 61.6 Å². The van der Waals surface area contributed by atoms with Gasteiger partial charge in [-0.2, -0.15) is 0 Å². The summed E-state index contributed by atoms with van der Waals surface area (Å²) in [5.41, 5.74) is 8.84. The fourth-order valence-corrected chi connectivity index (χ4v) is 6.40. The summed E-state index contributed by atoms with van der Waals surface area (Å²) < 4.78 is 17.7. The zero-order valence-electron chi connectivity index (χ0n) is 24.1. The number of rotatable bonds is 12. The molecule has 1 heterocycles. The van der Waals surface area contributed by atoms with Gasteiger partial charge in [-0.1, -0.05) is 38.2 Å². The Balaban J connectivity index is 1.54. The van der Waals surface area contributed by atoms with Crippen LogP contribution in [0, 0.1) is 5.92 Å². The number of hydrogen-bond donors (Lipinski definition) is 3. The van der Waals surface area contributed by atoms with Crippen molar-refractivity contribution in [3.8, 4) is 11.5 Å². The molecule has 0 bridgehead atoms. The molecule has 4 rings (SSSR count). The predicted molar refractivity (Wildman–Crippen MR) is 154 cm³/mol. The van der Waals surface area contributed by atoms with E-state index in [9.17, 15) is 14.7 Å². The molecule has 1 aromatic rings. The molecule has 2 fully saturated rings. The molecule has 3 aliphatic rings. The monoisotopic (exact) mass is 554 g/mol. The Bertz CT molecular complexity index is 1090. The smallest absolute Gasteiger partial charge is 0.302 e. The van der Waals surface area contributed by atoms with Crippen molar-refractivity contribution >= 4 is 17.5 Å². The zero-order chi connectivity index (χ0) is 28.5. The van der Waals surface area contributed by atoms with Gasteiger partial charge in [-0.15, -0.1) is 0 Å². The van der Waals surface area contributed by atoms with Crippen molar-refractivity contribution in [3.05, 3.63) is 41.2 Å². The van der Waals surface area contributed by atoms with Gasteiger partial charge in [-0.05, 0) is 85.8 Å². The molecule has 8 heteroatoms. The minimum absolute atomic E-state index is 0.107. The molecule has 2 atom stereocenters. The molecule has 0 unspecified atom stereocenters. The van der Waals surface area contributed by atoms with Crippen LogP contribution in [0.3, 0.4) is 0 Å². The van der Waals surface area contributed by atoms with Crippen molar-refractivity contribution in [2.24, 2.45) is 11.7 Å². The Morgan fingerprint density at radius 1 is 1.00 bits per heavy atom. The maximum atomic E-state index is 12.1. The van der Waals surface area contributed by atoms with Gasteiger partial charge >= 0.3 is 11.9 Å². The molecule has 8 nitrogen and oxygen atoms in total. The number of aromatic hydroxyl groups is 1. The first kappa shape index (κ1) is 29.8. The number of dihydropyridines is 1. The number of benzene rings is 1. The van der Waals surface area contributed by atoms with Crippen molar-refractivity contribution in [1.29, 1.82) is 0 Å². The number of ether oxygens (including phenoxy) is 3. The lowest BCUT2D eigenvalue weighted by Gasteiger charge is -2.29. The van der Waals surface area contributed by atoms with Crippen LogP contribution in [0.5, 0.6) is 11.5 Å². The highest BCUT2D eigenvalue weighted by atomic mass is 16.6. The average molecular weight is 555 g/mol. The molecule has 1 aliphatic heterocycles. The van der Waals surface area contributed by atoms with Gasteiger partial charge in [-0.3, -0.25) is 9.59 Å². The van der Waals surface area contributed by atoms with E-state index < -0.39 is 6.10 Å². The molecule has 0 amide bonds. The Kier molecular flexibility index (Phi) is 10.8. The zero-order valence-corrected chi connectivity index (χ0v) is 24.1. The van der Waals surface area contributed by atoms with Gasteiger partial charge in [0.05, 0.1) is 11.9 Å². The molecule has 1 aromatic carbocycles. The minimum atomic E-state index is -0.408. The van der Waals surface area contributed by atoms with Crippen LogP contribution in [-0.2, 0) is 25.5 Å². The molecule has 0 saturated heterocycles. The lowest BCUT2D eigenvalue weighted by atomic mass is 9.84. The molecular formula is C32H46N2O6. The number of aryl methyl sites for hydroxylation is 1. The Morgan fingerprint density at radius 2 is 1.68 bits per heavy atom. The van der Waals surface area contributed by atoms with E-state index in [-0.39, 0.29) is 29.9 Å². The topological polar surface area (TPSA) is 120 Å². The summed E-state index contributed by atoms with van der Waals surface area (Å²) in [6.07, 6.45) is 15.9. The molecule has 0 spiro atoms. The van der Waals surface area contributed by atoms with Crippen LogP contribution in [0.2, 0.25) is 0 Å². The lowest BCUT2D eigenvalue weighted by Crippen LogP contribution is -2.29. The number of phenols is 1. The van der Waals surface area contributed by atoms with Crippen LogP contribution in [-0.4, -0.2) is 41.9 Å². The normalized spacial score (nSPS) is 19.6. The first-order chi connectivity index (χ1) is 19.3. The Hall–Kier alpha value is -3.16. The minimum Gasteiger partial charge on any atom is -0.504 e. The standard InChI is InChI=1S/C32H46N2O6/c1-21(35)38-27(19-28(39-22(2)36)16-23-8-4-3-5-9-23)13-12-24-17-31(40-26-10-6-7-11-26)30(37)20-29(24)25-14-15-34-32(33)18-25/h14,17-18,20,23,26-28,34,37H,3-13,15-16,19,33H2,1-2H3/t27-,28+/m1/s1. The first-order valence-electron chi connectivity index (χ1n) is 15.1. The van der Waals surface area contributed by atoms with Crippen LogP contribution >= 0.6 is 0 Å². The van der Waals surface area contributed by atoms with Crippen LogP contribution in [0.1, 0.15) is 102 Å². The molecule has 2 saturated carbocycles. The SMILES string of the molecule is CC(=O)O[C@H](CCc1cc(OC2CCCC2)c(O)cc1C1=CCNC(N)=C1)C[C@H](CC1CCCCC1)OC(C)=O. The molecule has 4 N–H and O–H groups in total. The number of esters is 2. The summed E-state index contributed by atoms with van der Waals surface area (Å²) in [5.74, 6) is 1.03. The number of phenolic OH excluding ortho intramolecular Hbond substituents is 1. The predicted octanol–water partition coefficient (Wildman–Crippen LogP) is 5.66. The third-order valence-electron chi connectivity index (χ3n) is 8.28. The highest BCUT2D eigenvalue weighted by Crippen LogP contribution is 2.37. The van der Waals surface area contributed by atoms with Gasteiger partial charge in [0.1, 0.15) is 12.2 Å². The molecule has 2 aliphatic carbocycles. The van der Waals surface area contributed by atoms with E-state index in [2.05, 4.69) is 5.32 Å². The average Bonchev–Trinajstić information content (AvgIpc) is 3.42. The van der Waals surface area contributed by atoms with E-state index in [4.69, 9.17) is 19.9 Å². The fourth-order valence-electron chi connectivity index (χ4n) is 6.40. The molecule has 0 radical (unpaired) electrons. The largest absolute Gasteiger partial charge is 0.504 e. The van der Waals surface area contributed by atoms with Crippen LogP contribution in [0.4, 0.5) is 0 Å². The number of nitrogens with one attached hydrogen (secondary N) is 1. The number of carbonyl (C=O) groups is 2. The number of carbonyl (C=O) groups excluding carboxylic acids is 2. The van der Waals surface area contributed by atoms with E-state index in [1.54, 1.807) is 6.07 Å². The Morgan fingerprint density at radius 3 is 2.35 bits per heavy atom. The number of allylic oxidation sites excluding steroid dienone is 2. The van der Waals surface area contributed by atoms with Crippen molar-refractivity contribution in [2.75, 3.05) is 6.54 Å². The number of nitrogens with two attached hydrogens (primary N) is 1. The van der Waals surface area contributed by atoms with Gasteiger partial charge in [0.25, 0.3) is 0 Å². The van der Waals surface area contributed by atoms with Crippen molar-refractivity contribution < 1.29 is 28.9 Å². The van der Waals surface area contributed by atoms with Crippen LogP contribution in [0.15, 0.2) is 30.1 Å². The third kappa shape index (κ3) is 8.93.